The first-order valence-electron chi connectivity index (χ1n) is 11.4. The van der Waals surface area contributed by atoms with Crippen molar-refractivity contribution in [1.82, 2.24) is 25.5 Å². The molecule has 2 heterocycles. The molecule has 4 rings (SSSR count). The molecule has 1 aromatic carbocycles. The Bertz CT molecular complexity index is 1300. The minimum atomic E-state index is -2.32. The summed E-state index contributed by atoms with van der Waals surface area (Å²) in [6, 6.07) is 6.52. The Labute approximate surface area is 210 Å². The van der Waals surface area contributed by atoms with E-state index in [1.54, 1.807) is 18.2 Å². The second-order valence-electron chi connectivity index (χ2n) is 8.44. The van der Waals surface area contributed by atoms with Gasteiger partial charge in [-0.05, 0) is 25.0 Å². The third kappa shape index (κ3) is 5.45. The van der Waals surface area contributed by atoms with Gasteiger partial charge in [0.1, 0.15) is 19.0 Å². The standard InChI is InChI=1S/C24H25F2N7O4/c1-27-23(35)19-17(8-18(32-33-19)31-22(34)13-6-7-13)30-16-5-3-4-15(20(16)37-2)21-28-9-14(10-29-21)24(36,11-25)12-26/h3-5,8-10,13,36H,6-7,11-12H2,1-2H3,(H,27,35)(H2,30,31,32,34). The Morgan fingerprint density at radius 1 is 1.14 bits per heavy atom. The van der Waals surface area contributed by atoms with Crippen LogP contribution >= 0.6 is 0 Å². The van der Waals surface area contributed by atoms with Crippen molar-refractivity contribution in [2.75, 3.05) is 38.1 Å². The van der Waals surface area contributed by atoms with Crippen molar-refractivity contribution in [3.8, 4) is 17.1 Å². The molecule has 0 bridgehead atoms. The van der Waals surface area contributed by atoms with Gasteiger partial charge in [-0.1, -0.05) is 6.07 Å². The van der Waals surface area contributed by atoms with Gasteiger partial charge in [-0.25, -0.2) is 18.7 Å². The van der Waals surface area contributed by atoms with Crippen LogP contribution in [0.5, 0.6) is 5.75 Å². The number of aliphatic hydroxyl groups is 1. The minimum Gasteiger partial charge on any atom is -0.494 e. The molecule has 3 aromatic rings. The number of hydrogen-bond donors (Lipinski definition) is 4. The lowest BCUT2D eigenvalue weighted by molar-refractivity contribution is -0.117. The van der Waals surface area contributed by atoms with Crippen LogP contribution in [0.15, 0.2) is 36.7 Å². The summed E-state index contributed by atoms with van der Waals surface area (Å²) in [4.78, 5) is 32.9. The molecule has 0 saturated heterocycles. The van der Waals surface area contributed by atoms with Crippen LogP contribution < -0.4 is 20.7 Å². The summed E-state index contributed by atoms with van der Waals surface area (Å²) in [6.45, 7) is -2.66. The third-order valence-electron chi connectivity index (χ3n) is 5.80. The highest BCUT2D eigenvalue weighted by molar-refractivity contribution is 6.00. The number of hydrogen-bond acceptors (Lipinski definition) is 9. The number of halogens is 2. The zero-order valence-electron chi connectivity index (χ0n) is 20.1. The minimum absolute atomic E-state index is 0.0169. The smallest absolute Gasteiger partial charge is 0.273 e. The average molecular weight is 514 g/mol. The molecule has 1 fully saturated rings. The van der Waals surface area contributed by atoms with Crippen LogP contribution in [0, 0.1) is 5.92 Å². The first-order valence-corrected chi connectivity index (χ1v) is 11.4. The Kier molecular flexibility index (Phi) is 7.53. The number of rotatable bonds is 10. The van der Waals surface area contributed by atoms with Gasteiger partial charge in [-0.3, -0.25) is 9.59 Å². The summed E-state index contributed by atoms with van der Waals surface area (Å²) in [7, 11) is 2.88. The van der Waals surface area contributed by atoms with Gasteiger partial charge < -0.3 is 25.8 Å². The van der Waals surface area contributed by atoms with Gasteiger partial charge in [0.05, 0.1) is 24.0 Å². The second-order valence-corrected chi connectivity index (χ2v) is 8.44. The van der Waals surface area contributed by atoms with E-state index in [2.05, 4.69) is 36.1 Å². The summed E-state index contributed by atoms with van der Waals surface area (Å²) >= 11 is 0. The number of aromatic nitrogens is 4. The Morgan fingerprint density at radius 3 is 2.43 bits per heavy atom. The molecule has 194 valence electrons. The average Bonchev–Trinajstić information content (AvgIpc) is 3.78. The van der Waals surface area contributed by atoms with Crippen LogP contribution in [0.25, 0.3) is 11.4 Å². The van der Waals surface area contributed by atoms with Gasteiger partial charge in [0, 0.05) is 37.0 Å². The van der Waals surface area contributed by atoms with Crippen molar-refractivity contribution < 1.29 is 28.2 Å². The molecule has 2 amide bonds. The summed E-state index contributed by atoms with van der Waals surface area (Å²) < 4.78 is 31.9. The number of alkyl halides is 2. The molecule has 4 N–H and O–H groups in total. The normalized spacial score (nSPS) is 13.1. The number of ether oxygens (including phenoxy) is 1. The van der Waals surface area contributed by atoms with E-state index in [0.29, 0.717) is 17.0 Å². The molecule has 0 spiro atoms. The number of carbonyl (C=O) groups is 2. The third-order valence-corrected chi connectivity index (χ3v) is 5.80. The molecule has 0 radical (unpaired) electrons. The molecular formula is C24H25F2N7O4. The van der Waals surface area contributed by atoms with E-state index in [9.17, 15) is 23.5 Å². The molecule has 0 atom stereocenters. The van der Waals surface area contributed by atoms with Crippen molar-refractivity contribution in [3.05, 3.63) is 47.9 Å². The molecular weight excluding hydrogens is 488 g/mol. The predicted molar refractivity (Wildman–Crippen MR) is 130 cm³/mol. The van der Waals surface area contributed by atoms with Crippen LogP contribution in [-0.4, -0.2) is 64.6 Å². The number of anilines is 3. The highest BCUT2D eigenvalue weighted by atomic mass is 19.1. The molecule has 2 aromatic heterocycles. The summed E-state index contributed by atoms with van der Waals surface area (Å²) in [5.74, 6) is -0.0798. The van der Waals surface area contributed by atoms with Crippen molar-refractivity contribution in [1.29, 1.82) is 0 Å². The molecule has 11 nitrogen and oxygen atoms in total. The molecule has 1 saturated carbocycles. The topological polar surface area (TPSA) is 151 Å². The van der Waals surface area contributed by atoms with Gasteiger partial charge in [0.25, 0.3) is 5.91 Å². The van der Waals surface area contributed by atoms with E-state index < -0.39 is 24.9 Å². The van der Waals surface area contributed by atoms with Crippen LogP contribution in [-0.2, 0) is 10.4 Å². The second kappa shape index (κ2) is 10.8. The van der Waals surface area contributed by atoms with E-state index >= 15 is 0 Å². The summed E-state index contributed by atoms with van der Waals surface area (Å²) in [5.41, 5.74) is -1.35. The predicted octanol–water partition coefficient (Wildman–Crippen LogP) is 2.52. The lowest BCUT2D eigenvalue weighted by Crippen LogP contribution is -2.31. The zero-order valence-corrected chi connectivity index (χ0v) is 20.1. The monoisotopic (exact) mass is 513 g/mol. The highest BCUT2D eigenvalue weighted by Crippen LogP contribution is 2.37. The van der Waals surface area contributed by atoms with Crippen LogP contribution in [0.3, 0.4) is 0 Å². The van der Waals surface area contributed by atoms with Crippen LogP contribution in [0.2, 0.25) is 0 Å². The first-order chi connectivity index (χ1) is 17.8. The van der Waals surface area contributed by atoms with E-state index in [1.807, 2.05) is 0 Å². The summed E-state index contributed by atoms with van der Waals surface area (Å²) in [5, 5.41) is 26.2. The fourth-order valence-electron chi connectivity index (χ4n) is 3.48. The number of carbonyl (C=O) groups excluding carboxylic acids is 2. The molecule has 1 aliphatic carbocycles. The van der Waals surface area contributed by atoms with Gasteiger partial charge >= 0.3 is 0 Å². The molecule has 37 heavy (non-hydrogen) atoms. The SMILES string of the molecule is CNC(=O)c1nnc(NC(=O)C2CC2)cc1Nc1cccc(-c2ncc(C(O)(CF)CF)cn2)c1OC. The fourth-order valence-corrected chi connectivity index (χ4v) is 3.48. The number of benzene rings is 1. The lowest BCUT2D eigenvalue weighted by atomic mass is 10.00. The highest BCUT2D eigenvalue weighted by Gasteiger charge is 2.31. The maximum absolute atomic E-state index is 13.2. The van der Waals surface area contributed by atoms with Gasteiger partial charge in [-0.2, -0.15) is 0 Å². The molecule has 0 unspecified atom stereocenters. The molecule has 1 aliphatic rings. The van der Waals surface area contributed by atoms with E-state index in [0.717, 1.165) is 25.2 Å². The van der Waals surface area contributed by atoms with Crippen molar-refractivity contribution in [2.24, 2.45) is 5.92 Å². The van der Waals surface area contributed by atoms with E-state index in [-0.39, 0.29) is 40.4 Å². The van der Waals surface area contributed by atoms with Crippen molar-refractivity contribution >= 4 is 29.0 Å². The van der Waals surface area contributed by atoms with Crippen molar-refractivity contribution in [2.45, 2.75) is 18.4 Å². The molecule has 13 heteroatoms. The fraction of sp³-hybridized carbons (Fsp3) is 0.333. The quantitative estimate of drug-likeness (QED) is 0.320. The largest absolute Gasteiger partial charge is 0.494 e. The number of para-hydroxylation sites is 1. The molecule has 0 aliphatic heterocycles. The van der Waals surface area contributed by atoms with Gasteiger partial charge in [0.15, 0.2) is 23.1 Å². The number of amides is 2. The lowest BCUT2D eigenvalue weighted by Gasteiger charge is -2.21. The Balaban J connectivity index is 1.69. The number of methoxy groups -OCH3 is 1. The van der Waals surface area contributed by atoms with Crippen LogP contribution in [0.1, 0.15) is 28.9 Å². The van der Waals surface area contributed by atoms with Crippen LogP contribution in [0.4, 0.5) is 26.0 Å². The van der Waals surface area contributed by atoms with Gasteiger partial charge in [0.2, 0.25) is 5.91 Å². The number of nitrogens with one attached hydrogen (secondary N) is 3. The van der Waals surface area contributed by atoms with E-state index in [4.69, 9.17) is 4.74 Å². The maximum atomic E-state index is 13.2. The van der Waals surface area contributed by atoms with E-state index in [1.165, 1.54) is 20.2 Å². The number of nitrogens with zero attached hydrogens (tertiary/aromatic N) is 4. The zero-order chi connectivity index (χ0) is 26.6. The van der Waals surface area contributed by atoms with Crippen molar-refractivity contribution in [3.63, 3.8) is 0 Å². The summed E-state index contributed by atoms with van der Waals surface area (Å²) in [6.07, 6.45) is 3.92. The Morgan fingerprint density at radius 2 is 1.84 bits per heavy atom. The maximum Gasteiger partial charge on any atom is 0.273 e. The Hall–Kier alpha value is -4.26. The van der Waals surface area contributed by atoms with Gasteiger partial charge in [-0.15, -0.1) is 10.2 Å². The first kappa shape index (κ1) is 25.8.